The lowest BCUT2D eigenvalue weighted by Gasteiger charge is -2.40. The van der Waals surface area contributed by atoms with Gasteiger partial charge in [-0.15, -0.1) is 0 Å². The third-order valence-electron chi connectivity index (χ3n) is 3.67. The standard InChI is InChI=1S/C14H28O6/c1-3-5-7-9(6-4-2)19-14-13(18)12(17)11(16)10(8-15)20-14/h9-18H,3-8H2,1-2H3/t9?,10-,11-,12+,13-,14?/m1/s1. The monoisotopic (exact) mass is 292 g/mol. The van der Waals surface area contributed by atoms with Crippen molar-refractivity contribution >= 4 is 0 Å². The average Bonchev–Trinajstić information content (AvgIpc) is 2.45. The van der Waals surface area contributed by atoms with E-state index in [1.165, 1.54) is 0 Å². The van der Waals surface area contributed by atoms with Gasteiger partial charge in [0.25, 0.3) is 0 Å². The molecule has 0 spiro atoms. The van der Waals surface area contributed by atoms with Gasteiger partial charge < -0.3 is 29.9 Å². The molecule has 0 radical (unpaired) electrons. The summed E-state index contributed by atoms with van der Waals surface area (Å²) in [5.41, 5.74) is 0. The van der Waals surface area contributed by atoms with Crippen LogP contribution in [-0.2, 0) is 9.47 Å². The van der Waals surface area contributed by atoms with Crippen LogP contribution >= 0.6 is 0 Å². The molecule has 6 heteroatoms. The number of hydrogen-bond acceptors (Lipinski definition) is 6. The Hall–Kier alpha value is -0.240. The Morgan fingerprint density at radius 3 is 2.25 bits per heavy atom. The van der Waals surface area contributed by atoms with E-state index in [0.29, 0.717) is 0 Å². The fourth-order valence-electron chi connectivity index (χ4n) is 2.40. The first-order chi connectivity index (χ1) is 9.54. The minimum Gasteiger partial charge on any atom is -0.394 e. The maximum Gasteiger partial charge on any atom is 0.186 e. The van der Waals surface area contributed by atoms with Gasteiger partial charge in [-0.05, 0) is 12.8 Å². The highest BCUT2D eigenvalue weighted by Crippen LogP contribution is 2.25. The molecule has 120 valence electrons. The van der Waals surface area contributed by atoms with Crippen LogP contribution in [0.4, 0.5) is 0 Å². The summed E-state index contributed by atoms with van der Waals surface area (Å²) >= 11 is 0. The lowest BCUT2D eigenvalue weighted by atomic mass is 9.99. The van der Waals surface area contributed by atoms with Gasteiger partial charge in [0.1, 0.15) is 24.4 Å². The second-order valence-electron chi connectivity index (χ2n) is 5.39. The summed E-state index contributed by atoms with van der Waals surface area (Å²) in [5.74, 6) is 0. The fourth-order valence-corrected chi connectivity index (χ4v) is 2.40. The number of aliphatic hydroxyl groups excluding tert-OH is 4. The first-order valence-electron chi connectivity index (χ1n) is 7.51. The van der Waals surface area contributed by atoms with Crippen molar-refractivity contribution in [3.63, 3.8) is 0 Å². The summed E-state index contributed by atoms with van der Waals surface area (Å²) in [6, 6.07) is 0. The summed E-state index contributed by atoms with van der Waals surface area (Å²) in [5, 5.41) is 38.5. The summed E-state index contributed by atoms with van der Waals surface area (Å²) < 4.78 is 11.1. The highest BCUT2D eigenvalue weighted by atomic mass is 16.7. The van der Waals surface area contributed by atoms with E-state index in [-0.39, 0.29) is 6.10 Å². The van der Waals surface area contributed by atoms with Crippen molar-refractivity contribution in [2.75, 3.05) is 6.61 Å². The Morgan fingerprint density at radius 1 is 1.00 bits per heavy atom. The fraction of sp³-hybridized carbons (Fsp3) is 1.00. The van der Waals surface area contributed by atoms with Gasteiger partial charge in [0.15, 0.2) is 6.29 Å². The molecule has 1 aliphatic rings. The van der Waals surface area contributed by atoms with Crippen LogP contribution in [0.5, 0.6) is 0 Å². The topological polar surface area (TPSA) is 99.4 Å². The Labute approximate surface area is 120 Å². The molecular weight excluding hydrogens is 264 g/mol. The summed E-state index contributed by atoms with van der Waals surface area (Å²) in [6.45, 7) is 3.71. The third-order valence-corrected chi connectivity index (χ3v) is 3.67. The van der Waals surface area contributed by atoms with Crippen molar-refractivity contribution in [1.29, 1.82) is 0 Å². The van der Waals surface area contributed by atoms with Gasteiger partial charge >= 0.3 is 0 Å². The van der Waals surface area contributed by atoms with Gasteiger partial charge in [0.2, 0.25) is 0 Å². The second-order valence-corrected chi connectivity index (χ2v) is 5.39. The van der Waals surface area contributed by atoms with Crippen molar-refractivity contribution in [3.8, 4) is 0 Å². The SMILES string of the molecule is CCCCC(CCC)OC1O[C@H](CO)[C@@H](O)[C@H](O)[C@H]1O. The number of unbranched alkanes of at least 4 members (excludes halogenated alkanes) is 1. The van der Waals surface area contributed by atoms with E-state index in [4.69, 9.17) is 14.6 Å². The van der Waals surface area contributed by atoms with Gasteiger partial charge in [-0.25, -0.2) is 0 Å². The van der Waals surface area contributed by atoms with E-state index in [0.717, 1.165) is 32.1 Å². The highest BCUT2D eigenvalue weighted by Gasteiger charge is 2.44. The van der Waals surface area contributed by atoms with Crippen LogP contribution < -0.4 is 0 Å². The second kappa shape index (κ2) is 8.92. The molecule has 0 aromatic rings. The van der Waals surface area contributed by atoms with Crippen LogP contribution in [0.1, 0.15) is 46.0 Å². The number of aliphatic hydroxyl groups is 4. The number of hydrogen-bond donors (Lipinski definition) is 4. The smallest absolute Gasteiger partial charge is 0.186 e. The molecule has 0 bridgehead atoms. The molecule has 1 rings (SSSR count). The number of ether oxygens (including phenoxy) is 2. The molecule has 0 aliphatic carbocycles. The average molecular weight is 292 g/mol. The summed E-state index contributed by atoms with van der Waals surface area (Å²) in [6.07, 6.45) is -1.28. The third kappa shape index (κ3) is 4.65. The quantitative estimate of drug-likeness (QED) is 0.509. The molecule has 1 fully saturated rings. The zero-order chi connectivity index (χ0) is 15.1. The van der Waals surface area contributed by atoms with Crippen molar-refractivity contribution < 1.29 is 29.9 Å². The molecule has 0 amide bonds. The molecule has 1 heterocycles. The highest BCUT2D eigenvalue weighted by molar-refractivity contribution is 4.89. The maximum atomic E-state index is 9.92. The molecule has 2 unspecified atom stereocenters. The molecule has 0 saturated carbocycles. The first-order valence-corrected chi connectivity index (χ1v) is 7.51. The normalized spacial score (nSPS) is 36.0. The molecule has 4 N–H and O–H groups in total. The van der Waals surface area contributed by atoms with Crippen LogP contribution in [0.15, 0.2) is 0 Å². The largest absolute Gasteiger partial charge is 0.394 e. The Morgan fingerprint density at radius 2 is 1.70 bits per heavy atom. The van der Waals surface area contributed by atoms with E-state index in [2.05, 4.69) is 13.8 Å². The van der Waals surface area contributed by atoms with E-state index < -0.39 is 37.3 Å². The maximum absolute atomic E-state index is 9.92. The molecule has 6 nitrogen and oxygen atoms in total. The van der Waals surface area contributed by atoms with Crippen LogP contribution in [0.25, 0.3) is 0 Å². The van der Waals surface area contributed by atoms with Gasteiger partial charge in [-0.1, -0.05) is 33.1 Å². The molecular formula is C14H28O6. The van der Waals surface area contributed by atoms with E-state index >= 15 is 0 Å². The van der Waals surface area contributed by atoms with Gasteiger partial charge in [-0.3, -0.25) is 0 Å². The molecule has 20 heavy (non-hydrogen) atoms. The van der Waals surface area contributed by atoms with Crippen molar-refractivity contribution in [1.82, 2.24) is 0 Å². The first kappa shape index (κ1) is 17.8. The minimum atomic E-state index is -1.38. The van der Waals surface area contributed by atoms with Crippen molar-refractivity contribution in [2.24, 2.45) is 0 Å². The van der Waals surface area contributed by atoms with Gasteiger partial charge in [0, 0.05) is 0 Å². The molecule has 1 saturated heterocycles. The van der Waals surface area contributed by atoms with Crippen LogP contribution in [0.2, 0.25) is 0 Å². The molecule has 0 aromatic heterocycles. The Balaban J connectivity index is 2.62. The van der Waals surface area contributed by atoms with Crippen molar-refractivity contribution in [3.05, 3.63) is 0 Å². The lowest BCUT2D eigenvalue weighted by Crippen LogP contribution is -2.59. The number of rotatable bonds is 8. The summed E-state index contributed by atoms with van der Waals surface area (Å²) in [7, 11) is 0. The van der Waals surface area contributed by atoms with Gasteiger partial charge in [-0.2, -0.15) is 0 Å². The lowest BCUT2D eigenvalue weighted by molar-refractivity contribution is -0.312. The van der Waals surface area contributed by atoms with Gasteiger partial charge in [0.05, 0.1) is 12.7 Å². The zero-order valence-electron chi connectivity index (χ0n) is 12.3. The molecule has 6 atom stereocenters. The molecule has 0 aromatic carbocycles. The van der Waals surface area contributed by atoms with Crippen LogP contribution in [-0.4, -0.2) is 63.8 Å². The summed E-state index contributed by atoms with van der Waals surface area (Å²) in [4.78, 5) is 0. The van der Waals surface area contributed by atoms with Crippen molar-refractivity contribution in [2.45, 2.75) is 82.8 Å². The Bertz CT molecular complexity index is 260. The Kier molecular flexibility index (Phi) is 7.94. The predicted octanol–water partition coefficient (Wildman–Crippen LogP) is 0.162. The minimum absolute atomic E-state index is 0.0543. The van der Waals surface area contributed by atoms with E-state index in [1.807, 2.05) is 0 Å². The van der Waals surface area contributed by atoms with E-state index in [9.17, 15) is 15.3 Å². The van der Waals surface area contributed by atoms with Crippen LogP contribution in [0, 0.1) is 0 Å². The van der Waals surface area contributed by atoms with E-state index in [1.54, 1.807) is 0 Å². The zero-order valence-corrected chi connectivity index (χ0v) is 12.3. The van der Waals surface area contributed by atoms with Crippen LogP contribution in [0.3, 0.4) is 0 Å². The predicted molar refractivity (Wildman–Crippen MR) is 73.1 cm³/mol. The molecule has 1 aliphatic heterocycles.